The quantitative estimate of drug-likeness (QED) is 0.422. The van der Waals surface area contributed by atoms with E-state index < -0.39 is 0 Å². The van der Waals surface area contributed by atoms with Crippen molar-refractivity contribution in [1.29, 1.82) is 0 Å². The van der Waals surface area contributed by atoms with Crippen molar-refractivity contribution in [3.8, 4) is 11.5 Å². The highest BCUT2D eigenvalue weighted by atomic mass is 35.5. The molecule has 0 fully saturated rings. The van der Waals surface area contributed by atoms with Crippen molar-refractivity contribution in [3.63, 3.8) is 0 Å². The van der Waals surface area contributed by atoms with Gasteiger partial charge in [-0.05, 0) is 48.9 Å². The van der Waals surface area contributed by atoms with Gasteiger partial charge in [-0.25, -0.2) is 4.98 Å². The first-order valence-corrected chi connectivity index (χ1v) is 10.9. The molecule has 0 spiro atoms. The molecule has 2 aromatic carbocycles. The van der Waals surface area contributed by atoms with Gasteiger partial charge in [0.15, 0.2) is 11.4 Å². The monoisotopic (exact) mass is 460 g/mol. The molecule has 1 N–H and O–H groups in total. The summed E-state index contributed by atoms with van der Waals surface area (Å²) < 4.78 is 11.9. The van der Waals surface area contributed by atoms with Gasteiger partial charge < -0.3 is 19.4 Å². The summed E-state index contributed by atoms with van der Waals surface area (Å²) in [5.41, 5.74) is 3.03. The zero-order valence-corrected chi connectivity index (χ0v) is 18.6. The van der Waals surface area contributed by atoms with E-state index in [4.69, 9.17) is 20.8 Å². The Kier molecular flexibility index (Phi) is 5.71. The summed E-state index contributed by atoms with van der Waals surface area (Å²) in [6, 6.07) is 16.8. The van der Waals surface area contributed by atoms with Crippen LogP contribution in [0.4, 0.5) is 5.69 Å². The molecule has 1 atom stereocenters. The Morgan fingerprint density at radius 3 is 2.82 bits per heavy atom. The van der Waals surface area contributed by atoms with Crippen LogP contribution in [0.15, 0.2) is 77.7 Å². The Labute approximate surface area is 196 Å². The molecule has 1 unspecified atom stereocenters. The highest BCUT2D eigenvalue weighted by molar-refractivity contribution is 6.31. The molecule has 0 bridgehead atoms. The molecule has 4 aromatic rings. The molecule has 0 saturated carbocycles. The molecule has 1 amide bonds. The van der Waals surface area contributed by atoms with Crippen molar-refractivity contribution < 1.29 is 13.9 Å². The molecule has 2 aromatic heterocycles. The number of rotatable bonds is 5. The van der Waals surface area contributed by atoms with Crippen LogP contribution in [-0.4, -0.2) is 15.9 Å². The number of benzene rings is 2. The number of hydrogen-bond acceptors (Lipinski definition) is 6. The number of carbonyl (C=O) groups excluding carboxylic acids is 1. The molecular weight excluding hydrogens is 440 g/mol. The van der Waals surface area contributed by atoms with E-state index in [1.807, 2.05) is 55.5 Å². The molecular formula is C25H21ClN4O3. The van der Waals surface area contributed by atoms with Crippen LogP contribution >= 0.6 is 11.6 Å². The van der Waals surface area contributed by atoms with Gasteiger partial charge in [-0.3, -0.25) is 9.78 Å². The smallest absolute Gasteiger partial charge is 0.273 e. The van der Waals surface area contributed by atoms with Crippen molar-refractivity contribution >= 4 is 23.2 Å². The molecule has 7 nitrogen and oxygen atoms in total. The zero-order chi connectivity index (χ0) is 22.8. The number of anilines is 1. The summed E-state index contributed by atoms with van der Waals surface area (Å²) in [4.78, 5) is 23.2. The van der Waals surface area contributed by atoms with E-state index in [0.29, 0.717) is 29.8 Å². The van der Waals surface area contributed by atoms with Crippen molar-refractivity contribution in [2.75, 3.05) is 4.90 Å². The zero-order valence-electron chi connectivity index (χ0n) is 17.9. The fourth-order valence-corrected chi connectivity index (χ4v) is 3.93. The fourth-order valence-electron chi connectivity index (χ4n) is 3.76. The second kappa shape index (κ2) is 8.96. The van der Waals surface area contributed by atoms with Crippen molar-refractivity contribution in [3.05, 3.63) is 101 Å². The fraction of sp³-hybridized carbons (Fsp3) is 0.160. The number of nitrogens with one attached hydrogen (secondary N) is 1. The minimum Gasteiger partial charge on any atom is -0.455 e. The maximum Gasteiger partial charge on any atom is 0.273 e. The van der Waals surface area contributed by atoms with Crippen molar-refractivity contribution in [2.45, 2.75) is 26.1 Å². The number of amides is 1. The first-order valence-electron chi connectivity index (χ1n) is 10.5. The Hall–Kier alpha value is -3.84. The average Bonchev–Trinajstić information content (AvgIpc) is 3.27. The van der Waals surface area contributed by atoms with E-state index >= 15 is 0 Å². The van der Waals surface area contributed by atoms with Crippen LogP contribution in [0.25, 0.3) is 0 Å². The number of para-hydroxylation sites is 1. The number of carbonyl (C=O) groups is 1. The van der Waals surface area contributed by atoms with Crippen LogP contribution in [0.2, 0.25) is 5.02 Å². The van der Waals surface area contributed by atoms with E-state index in [9.17, 15) is 4.79 Å². The summed E-state index contributed by atoms with van der Waals surface area (Å²) in [6.07, 6.45) is 4.75. The van der Waals surface area contributed by atoms with Gasteiger partial charge in [0.05, 0.1) is 5.69 Å². The van der Waals surface area contributed by atoms with Gasteiger partial charge in [0.1, 0.15) is 18.1 Å². The van der Waals surface area contributed by atoms with E-state index in [1.54, 1.807) is 18.5 Å². The van der Waals surface area contributed by atoms with Crippen LogP contribution in [0.5, 0.6) is 11.5 Å². The second-order valence-electron chi connectivity index (χ2n) is 7.73. The topological polar surface area (TPSA) is 80.5 Å². The Bertz CT molecular complexity index is 1290. The first-order chi connectivity index (χ1) is 16.1. The minimum absolute atomic E-state index is 0.226. The first kappa shape index (κ1) is 21.0. The summed E-state index contributed by atoms with van der Waals surface area (Å²) in [7, 11) is 0. The summed E-state index contributed by atoms with van der Waals surface area (Å²) in [5.74, 6) is 1.61. The third kappa shape index (κ3) is 4.40. The SMILES string of the molecule is CC(c1nc(C(=O)NCc2ccncc2)co1)N1Cc2ccccc2Oc2ccc(Cl)cc21. The highest BCUT2D eigenvalue weighted by Crippen LogP contribution is 2.43. The molecule has 0 radical (unpaired) electrons. The van der Waals surface area contributed by atoms with Crippen LogP contribution in [-0.2, 0) is 13.1 Å². The van der Waals surface area contributed by atoms with Gasteiger partial charge >= 0.3 is 0 Å². The normalized spacial score (nSPS) is 13.3. The van der Waals surface area contributed by atoms with Crippen LogP contribution in [0.3, 0.4) is 0 Å². The van der Waals surface area contributed by atoms with Crippen molar-refractivity contribution in [2.24, 2.45) is 0 Å². The van der Waals surface area contributed by atoms with E-state index in [0.717, 1.165) is 22.6 Å². The van der Waals surface area contributed by atoms with Gasteiger partial charge in [0.2, 0.25) is 5.89 Å². The number of ether oxygens (including phenoxy) is 1. The third-order valence-electron chi connectivity index (χ3n) is 5.55. The molecule has 33 heavy (non-hydrogen) atoms. The number of fused-ring (bicyclic) bond motifs is 2. The largest absolute Gasteiger partial charge is 0.455 e. The average molecular weight is 461 g/mol. The number of aromatic nitrogens is 2. The lowest BCUT2D eigenvalue weighted by atomic mass is 10.1. The molecule has 0 aliphatic carbocycles. The Morgan fingerprint density at radius 2 is 1.97 bits per heavy atom. The lowest BCUT2D eigenvalue weighted by Gasteiger charge is -2.28. The molecule has 1 aliphatic rings. The van der Waals surface area contributed by atoms with Crippen LogP contribution in [0.1, 0.15) is 40.5 Å². The lowest BCUT2D eigenvalue weighted by Crippen LogP contribution is -2.26. The number of oxazole rings is 1. The second-order valence-corrected chi connectivity index (χ2v) is 8.17. The number of nitrogens with zero attached hydrogens (tertiary/aromatic N) is 3. The predicted octanol–water partition coefficient (Wildman–Crippen LogP) is 5.53. The van der Waals surface area contributed by atoms with Gasteiger partial charge in [-0.1, -0.05) is 29.8 Å². The third-order valence-corrected chi connectivity index (χ3v) is 5.78. The summed E-state index contributed by atoms with van der Waals surface area (Å²) in [5, 5.41) is 3.45. The molecule has 5 rings (SSSR count). The number of halogens is 1. The summed E-state index contributed by atoms with van der Waals surface area (Å²) >= 11 is 6.31. The lowest BCUT2D eigenvalue weighted by molar-refractivity contribution is 0.0946. The standard InChI is InChI=1S/C25H21ClN4O3/c1-16(25-29-20(15-32-25)24(31)28-13-17-8-10-27-11-9-17)30-14-18-4-2-3-5-22(18)33-23-7-6-19(26)12-21(23)30/h2-12,15-16H,13-14H2,1H3,(H,28,31). The molecule has 1 aliphatic heterocycles. The maximum absolute atomic E-state index is 12.6. The number of hydrogen-bond donors (Lipinski definition) is 1. The highest BCUT2D eigenvalue weighted by Gasteiger charge is 2.28. The van der Waals surface area contributed by atoms with E-state index in [-0.39, 0.29) is 17.6 Å². The molecule has 8 heteroatoms. The van der Waals surface area contributed by atoms with E-state index in [1.165, 1.54) is 6.26 Å². The van der Waals surface area contributed by atoms with Gasteiger partial charge in [0.25, 0.3) is 5.91 Å². The Morgan fingerprint density at radius 1 is 1.15 bits per heavy atom. The van der Waals surface area contributed by atoms with Crippen LogP contribution < -0.4 is 15.0 Å². The minimum atomic E-state index is -0.304. The van der Waals surface area contributed by atoms with Gasteiger partial charge in [0, 0.05) is 36.1 Å². The maximum atomic E-state index is 12.6. The number of pyridine rings is 1. The molecule has 166 valence electrons. The van der Waals surface area contributed by atoms with Crippen molar-refractivity contribution in [1.82, 2.24) is 15.3 Å². The van der Waals surface area contributed by atoms with Gasteiger partial charge in [-0.15, -0.1) is 0 Å². The molecule has 0 saturated heterocycles. The predicted molar refractivity (Wildman–Crippen MR) is 124 cm³/mol. The molecule has 3 heterocycles. The van der Waals surface area contributed by atoms with Crippen LogP contribution in [0, 0.1) is 0 Å². The van der Waals surface area contributed by atoms with E-state index in [2.05, 4.69) is 20.2 Å². The van der Waals surface area contributed by atoms with Gasteiger partial charge in [-0.2, -0.15) is 0 Å². The Balaban J connectivity index is 1.40. The summed E-state index contributed by atoms with van der Waals surface area (Å²) in [6.45, 7) is 2.92.